The minimum Gasteiger partial charge on any atom is -1.00 e. The summed E-state index contributed by atoms with van der Waals surface area (Å²) in [6.45, 7) is 0.870. The fraction of sp³-hybridized carbons (Fsp3) is 0.250. The molecule has 0 aliphatic rings. The summed E-state index contributed by atoms with van der Waals surface area (Å²) in [6.07, 6.45) is 0. The van der Waals surface area contributed by atoms with Crippen LogP contribution in [0.25, 0.3) is 0 Å². The quantitative estimate of drug-likeness (QED) is 0.240. The summed E-state index contributed by atoms with van der Waals surface area (Å²) in [5, 5.41) is 0. The van der Waals surface area contributed by atoms with Crippen LogP contribution in [0, 0.1) is 27.7 Å². The Bertz CT molecular complexity index is 633. The summed E-state index contributed by atoms with van der Waals surface area (Å²) < 4.78 is 0. The van der Waals surface area contributed by atoms with Crippen molar-refractivity contribution in [3.63, 3.8) is 0 Å². The zero-order chi connectivity index (χ0) is 21.0. The minimum absolute atomic E-state index is 0. The molecule has 0 aliphatic heterocycles. The Kier molecular flexibility index (Phi) is 19.4. The molecule has 0 aromatic heterocycles. The Morgan fingerprint density at radius 2 is 0.667 bits per heavy atom. The fourth-order valence-electron chi connectivity index (χ4n) is 1.33. The molecule has 2 rings (SSSR count). The molecule has 2 aromatic carbocycles. The van der Waals surface area contributed by atoms with Gasteiger partial charge >= 0.3 is 43.0 Å². The van der Waals surface area contributed by atoms with Gasteiger partial charge in [-0.25, -0.2) is 0 Å². The van der Waals surface area contributed by atoms with Gasteiger partial charge in [0, 0.05) is 0 Å². The zero-order valence-electron chi connectivity index (χ0n) is 17.0. The Morgan fingerprint density at radius 1 is 0.556 bits per heavy atom. The van der Waals surface area contributed by atoms with Gasteiger partial charge in [0.15, 0.2) is 0 Å². The smallest absolute Gasteiger partial charge is 1.00 e. The summed E-state index contributed by atoms with van der Waals surface area (Å²) in [4.78, 5) is 45.3. The van der Waals surface area contributed by atoms with E-state index in [1.165, 1.54) is 22.3 Å². The van der Waals surface area contributed by atoms with Gasteiger partial charge in [-0.2, -0.15) is 0 Å². The maximum atomic E-state index is 7.56. The maximum absolute atomic E-state index is 7.56. The molecule has 6 N–H and O–H groups in total. The van der Waals surface area contributed by atoms with Crippen molar-refractivity contribution in [2.24, 2.45) is 0 Å². The van der Waals surface area contributed by atoms with E-state index in [4.69, 9.17) is 29.4 Å². The number of hydrogen-bond donors (Lipinski definition) is 6. The Morgan fingerprint density at radius 3 is 0.741 bits per heavy atom. The van der Waals surface area contributed by atoms with Gasteiger partial charge in [-0.1, -0.05) is 48.5 Å². The molecule has 0 radical (unpaired) electrons. The van der Waals surface area contributed by atoms with Gasteiger partial charge in [-0.15, -0.1) is 0 Å². The molecule has 0 saturated carbocycles. The molecular weight excluding hydrogens is 437 g/mol. The van der Waals surface area contributed by atoms with Crippen LogP contribution in [-0.4, -0.2) is 29.4 Å². The molecule has 0 heterocycles. The summed E-state index contributed by atoms with van der Waals surface area (Å²) in [5.41, 5.74) is 5.47. The van der Waals surface area contributed by atoms with Crippen LogP contribution < -0.4 is 29.6 Å². The van der Waals surface area contributed by atoms with E-state index < -0.39 is 13.4 Å². The summed E-state index contributed by atoms with van der Waals surface area (Å²) >= 11 is 7.21. The standard InChI is InChI=1S/2C8H10.Na.2H3O3PS.H/c2*1-7-5-3-4-6-8(7)2;;2*1-4(2,3)5;/h2*3-6H,1-2H3;;2*(H3,1,2,3,5);/q;;+1;;;-1. The van der Waals surface area contributed by atoms with E-state index >= 15 is 0 Å². The molecule has 27 heavy (non-hydrogen) atoms. The van der Waals surface area contributed by atoms with Crippen LogP contribution in [0.3, 0.4) is 0 Å². The molecule has 0 fully saturated rings. The van der Waals surface area contributed by atoms with Crippen LogP contribution in [0.1, 0.15) is 23.7 Å². The molecule has 0 aliphatic carbocycles. The van der Waals surface area contributed by atoms with E-state index in [2.05, 4.69) is 99.8 Å². The summed E-state index contributed by atoms with van der Waals surface area (Å²) in [6, 6.07) is 16.7. The third-order valence-corrected chi connectivity index (χ3v) is 2.85. The van der Waals surface area contributed by atoms with Crippen LogP contribution in [0.15, 0.2) is 48.5 Å². The van der Waals surface area contributed by atoms with Crippen molar-refractivity contribution in [1.82, 2.24) is 0 Å². The Labute approximate surface area is 194 Å². The van der Waals surface area contributed by atoms with Crippen molar-refractivity contribution in [3.8, 4) is 0 Å². The van der Waals surface area contributed by atoms with Gasteiger partial charge in [0.05, 0.1) is 0 Å². The maximum Gasteiger partial charge on any atom is 1.00 e. The normalized spacial score (nSPS) is 9.85. The number of rotatable bonds is 0. The largest absolute Gasteiger partial charge is 1.00 e. The Hall–Kier alpha value is 0.500. The van der Waals surface area contributed by atoms with Gasteiger partial charge in [0.25, 0.3) is 0 Å². The number of benzene rings is 2. The first-order valence-electron chi connectivity index (χ1n) is 7.22. The molecule has 0 bridgehead atoms. The molecule has 11 heteroatoms. The van der Waals surface area contributed by atoms with Crippen molar-refractivity contribution in [1.29, 1.82) is 0 Å². The molecule has 0 atom stereocenters. The second kappa shape index (κ2) is 16.3. The van der Waals surface area contributed by atoms with Gasteiger partial charge in [-0.3, -0.25) is 0 Å². The van der Waals surface area contributed by atoms with Crippen LogP contribution in [0.4, 0.5) is 0 Å². The topological polar surface area (TPSA) is 121 Å². The van der Waals surface area contributed by atoms with Crippen molar-refractivity contribution in [2.45, 2.75) is 27.7 Å². The molecule has 150 valence electrons. The number of aryl methyl sites for hydroxylation is 4. The molecular formula is C16H27NaO6P2S2. The van der Waals surface area contributed by atoms with Crippen molar-refractivity contribution < 1.29 is 60.3 Å². The van der Waals surface area contributed by atoms with Crippen LogP contribution in [0.2, 0.25) is 0 Å². The predicted molar refractivity (Wildman–Crippen MR) is 115 cm³/mol. The van der Waals surface area contributed by atoms with Crippen molar-refractivity contribution in [3.05, 3.63) is 70.8 Å². The van der Waals surface area contributed by atoms with E-state index in [1.807, 2.05) is 0 Å². The van der Waals surface area contributed by atoms with E-state index in [-0.39, 0.29) is 31.0 Å². The summed E-state index contributed by atoms with van der Waals surface area (Å²) in [5.74, 6) is 0. The fourth-order valence-corrected chi connectivity index (χ4v) is 1.33. The van der Waals surface area contributed by atoms with Gasteiger partial charge in [-0.05, 0) is 73.6 Å². The van der Waals surface area contributed by atoms with Crippen LogP contribution in [0.5, 0.6) is 0 Å². The van der Waals surface area contributed by atoms with Crippen molar-refractivity contribution in [2.75, 3.05) is 0 Å². The average molecular weight is 464 g/mol. The van der Waals surface area contributed by atoms with Gasteiger partial charge in [0.2, 0.25) is 0 Å². The van der Waals surface area contributed by atoms with Crippen LogP contribution in [-0.2, 0) is 23.6 Å². The SMILES string of the molecule is Cc1ccccc1C.Cc1ccccc1C.OP(O)(O)=S.OP(O)(O)=S.[H-].[Na+]. The van der Waals surface area contributed by atoms with E-state index in [0.717, 1.165) is 0 Å². The molecule has 0 spiro atoms. The monoisotopic (exact) mass is 464 g/mol. The number of hydrogen-bond acceptors (Lipinski definition) is 2. The van der Waals surface area contributed by atoms with E-state index in [1.54, 1.807) is 0 Å². The van der Waals surface area contributed by atoms with Gasteiger partial charge in [0.1, 0.15) is 0 Å². The Balaban J connectivity index is -0.000000138. The van der Waals surface area contributed by atoms with E-state index in [0.29, 0.717) is 0 Å². The predicted octanol–water partition coefficient (Wildman–Crippen LogP) is 0.0990. The summed E-state index contributed by atoms with van der Waals surface area (Å²) in [7, 11) is 0. The third kappa shape index (κ3) is 31.4. The molecule has 0 amide bonds. The van der Waals surface area contributed by atoms with Crippen LogP contribution >= 0.6 is 13.4 Å². The van der Waals surface area contributed by atoms with E-state index in [9.17, 15) is 0 Å². The molecule has 0 unspecified atom stereocenters. The van der Waals surface area contributed by atoms with Crippen molar-refractivity contribution >= 4 is 37.1 Å². The molecule has 2 aromatic rings. The zero-order valence-corrected chi connectivity index (χ0v) is 21.4. The molecule has 0 saturated heterocycles. The third-order valence-electron chi connectivity index (χ3n) is 2.85. The second-order valence-electron chi connectivity index (χ2n) is 5.20. The van der Waals surface area contributed by atoms with Gasteiger partial charge < -0.3 is 30.8 Å². The minimum atomic E-state index is -3.81. The first-order chi connectivity index (χ1) is 11.6. The average Bonchev–Trinajstić information content (AvgIpc) is 2.43. The molecule has 6 nitrogen and oxygen atoms in total. The first-order valence-corrected chi connectivity index (χ1v) is 12.5. The first kappa shape index (κ1) is 32.2. The second-order valence-corrected chi connectivity index (χ2v) is 10.2.